The van der Waals surface area contributed by atoms with Gasteiger partial charge in [0, 0.05) is 77.7 Å². The van der Waals surface area contributed by atoms with E-state index in [0.717, 1.165) is 110 Å². The normalized spacial score (nSPS) is 19.0. The number of amides is 2. The molecule has 8 rings (SSSR count). The van der Waals surface area contributed by atoms with Crippen LogP contribution in [0, 0.1) is 11.8 Å². The highest BCUT2D eigenvalue weighted by Gasteiger charge is 2.44. The van der Waals surface area contributed by atoms with Gasteiger partial charge in [-0.25, -0.2) is 4.98 Å². The quantitative estimate of drug-likeness (QED) is 0.0623. The Balaban J connectivity index is 0.650. The van der Waals surface area contributed by atoms with E-state index < -0.39 is 6.04 Å². The Hall–Kier alpha value is -5.12. The SMILES string of the molecule is CNC(C)C(=O)N[C@H](C(=O)N1CC[C@H]2CCN(CCc3ccc(OCCOCCOCCOCCOc4ccc(-c5ccc6c(c5)[nH]c5ccncc56)cn4)cc3)C[C@H]21)C1CCCCC1. The molecule has 5 aromatic rings. The van der Waals surface area contributed by atoms with E-state index in [4.69, 9.17) is 23.7 Å². The average molecular weight is 890 g/mol. The number of carbonyl (C=O) groups excluding carboxylic acids is 2. The number of hydrogen-bond acceptors (Lipinski definition) is 11. The summed E-state index contributed by atoms with van der Waals surface area (Å²) in [5.74, 6) is 2.17. The number of hydrogen-bond donors (Lipinski definition) is 3. The van der Waals surface area contributed by atoms with E-state index in [1.165, 1.54) is 12.0 Å². The van der Waals surface area contributed by atoms with E-state index >= 15 is 0 Å². The van der Waals surface area contributed by atoms with Gasteiger partial charge in [0.2, 0.25) is 17.7 Å². The van der Waals surface area contributed by atoms with E-state index in [1.54, 1.807) is 13.2 Å². The monoisotopic (exact) mass is 890 g/mol. The van der Waals surface area contributed by atoms with Gasteiger partial charge in [-0.15, -0.1) is 0 Å². The Morgan fingerprint density at radius 1 is 0.769 bits per heavy atom. The Bertz CT molecular complexity index is 2270. The van der Waals surface area contributed by atoms with Crippen LogP contribution >= 0.6 is 0 Å². The molecule has 1 unspecified atom stereocenters. The lowest BCUT2D eigenvalue weighted by Gasteiger charge is -2.41. The first-order valence-corrected chi connectivity index (χ1v) is 23.8. The number of nitrogens with one attached hydrogen (secondary N) is 3. The molecule has 0 bridgehead atoms. The Kier molecular flexibility index (Phi) is 16.7. The van der Waals surface area contributed by atoms with Gasteiger partial charge < -0.3 is 49.1 Å². The van der Waals surface area contributed by atoms with Crippen LogP contribution in [-0.4, -0.2) is 141 Å². The van der Waals surface area contributed by atoms with Crippen molar-refractivity contribution < 1.29 is 33.3 Å². The number of H-pyrrole nitrogens is 1. The van der Waals surface area contributed by atoms with Crippen LogP contribution in [0.1, 0.15) is 57.4 Å². The number of pyridine rings is 2. The van der Waals surface area contributed by atoms with Gasteiger partial charge in [0.1, 0.15) is 25.0 Å². The largest absolute Gasteiger partial charge is 0.491 e. The molecule has 0 radical (unpaired) electrons. The highest BCUT2D eigenvalue weighted by Crippen LogP contribution is 2.35. The van der Waals surface area contributed by atoms with E-state index in [2.05, 4.69) is 65.7 Å². The smallest absolute Gasteiger partial charge is 0.245 e. The zero-order valence-electron chi connectivity index (χ0n) is 38.2. The highest BCUT2D eigenvalue weighted by atomic mass is 16.6. The van der Waals surface area contributed by atoms with Gasteiger partial charge in [-0.05, 0) is 106 Å². The standard InChI is InChI=1S/C51H67N7O7/c1-36(52-2)50(59)56-49(39-6-4-3-5-7-39)51(60)58-23-19-38-18-22-57(35-47(38)58)21-17-37-8-12-42(13-9-37)64-30-28-62-26-24-61-25-27-63-29-31-65-48-15-11-41(33-54-48)40-10-14-43-44-34-53-20-16-45(44)55-46(43)32-40/h8-16,20,32-34,36,38-39,47,49,52,55H,3-7,17-19,21-31,35H2,1-2H3,(H,56,59)/t36?,38-,47-,49+/m1/s1. The predicted octanol–water partition coefficient (Wildman–Crippen LogP) is 6.42. The lowest BCUT2D eigenvalue weighted by molar-refractivity contribution is -0.140. The molecule has 348 valence electrons. The van der Waals surface area contributed by atoms with Crippen molar-refractivity contribution in [3.05, 3.63) is 84.8 Å². The van der Waals surface area contributed by atoms with Crippen LogP contribution in [0.5, 0.6) is 11.6 Å². The molecular formula is C51H67N7O7. The van der Waals surface area contributed by atoms with Crippen molar-refractivity contribution in [2.24, 2.45) is 11.8 Å². The number of piperidine rings is 1. The first-order chi connectivity index (χ1) is 31.9. The minimum atomic E-state index is -0.433. The van der Waals surface area contributed by atoms with Crippen LogP contribution in [0.2, 0.25) is 0 Å². The minimum absolute atomic E-state index is 0.0892. The fourth-order valence-corrected chi connectivity index (χ4v) is 9.69. The van der Waals surface area contributed by atoms with E-state index in [-0.39, 0.29) is 29.8 Å². The molecule has 65 heavy (non-hydrogen) atoms. The van der Waals surface area contributed by atoms with Crippen LogP contribution in [0.4, 0.5) is 0 Å². The Morgan fingerprint density at radius 2 is 1.49 bits per heavy atom. The molecule has 3 N–H and O–H groups in total. The Morgan fingerprint density at radius 3 is 2.23 bits per heavy atom. The van der Waals surface area contributed by atoms with Gasteiger partial charge in [0.15, 0.2) is 0 Å². The molecule has 0 spiro atoms. The van der Waals surface area contributed by atoms with Gasteiger partial charge in [-0.2, -0.15) is 0 Å². The van der Waals surface area contributed by atoms with Gasteiger partial charge in [0.25, 0.3) is 0 Å². The molecular weight excluding hydrogens is 823 g/mol. The zero-order valence-corrected chi connectivity index (χ0v) is 38.2. The van der Waals surface area contributed by atoms with Crippen LogP contribution in [0.15, 0.2) is 79.3 Å². The van der Waals surface area contributed by atoms with Crippen molar-refractivity contribution in [3.8, 4) is 22.8 Å². The van der Waals surface area contributed by atoms with Crippen molar-refractivity contribution in [3.63, 3.8) is 0 Å². The van der Waals surface area contributed by atoms with Crippen molar-refractivity contribution in [2.75, 3.05) is 86.1 Å². The maximum Gasteiger partial charge on any atom is 0.245 e. The maximum atomic E-state index is 14.2. The number of aromatic amines is 1. The molecule has 2 amide bonds. The molecule has 3 aliphatic rings. The van der Waals surface area contributed by atoms with E-state index in [1.807, 2.05) is 49.6 Å². The third-order valence-corrected chi connectivity index (χ3v) is 13.6. The number of carbonyl (C=O) groups is 2. The number of likely N-dealkylation sites (N-methyl/N-ethyl adjacent to an activating group) is 1. The van der Waals surface area contributed by atoms with Crippen molar-refractivity contribution >= 4 is 33.6 Å². The van der Waals surface area contributed by atoms with E-state index in [9.17, 15) is 9.59 Å². The Labute approximate surface area is 383 Å². The van der Waals surface area contributed by atoms with Crippen molar-refractivity contribution in [1.82, 2.24) is 35.4 Å². The molecule has 5 heterocycles. The molecule has 14 heteroatoms. The second-order valence-corrected chi connectivity index (χ2v) is 17.8. The average Bonchev–Trinajstić information content (AvgIpc) is 3.95. The summed E-state index contributed by atoms with van der Waals surface area (Å²) in [7, 11) is 1.78. The molecule has 1 saturated carbocycles. The molecule has 2 saturated heterocycles. The summed E-state index contributed by atoms with van der Waals surface area (Å²) in [6, 6.07) is 20.0. The summed E-state index contributed by atoms with van der Waals surface area (Å²) >= 11 is 0. The molecule has 2 aromatic carbocycles. The molecule has 3 aromatic heterocycles. The summed E-state index contributed by atoms with van der Waals surface area (Å²) in [6.45, 7) is 9.24. The summed E-state index contributed by atoms with van der Waals surface area (Å²) < 4.78 is 28.7. The van der Waals surface area contributed by atoms with Crippen molar-refractivity contribution in [2.45, 2.75) is 76.4 Å². The van der Waals surface area contributed by atoms with Crippen molar-refractivity contribution in [1.29, 1.82) is 0 Å². The molecule has 1 aliphatic carbocycles. The van der Waals surface area contributed by atoms with Gasteiger partial charge in [0.05, 0.1) is 45.7 Å². The van der Waals surface area contributed by atoms with Crippen LogP contribution in [-0.2, 0) is 30.2 Å². The molecule has 2 aliphatic heterocycles. The second-order valence-electron chi connectivity index (χ2n) is 17.8. The lowest BCUT2D eigenvalue weighted by Crippen LogP contribution is -2.58. The first kappa shape index (κ1) is 46.4. The zero-order chi connectivity index (χ0) is 44.8. The number of likely N-dealkylation sites (tertiary alicyclic amines) is 2. The molecule has 14 nitrogen and oxygen atoms in total. The van der Waals surface area contributed by atoms with Gasteiger partial charge >= 0.3 is 0 Å². The van der Waals surface area contributed by atoms with Crippen LogP contribution in [0.3, 0.4) is 0 Å². The number of aromatic nitrogens is 3. The third-order valence-electron chi connectivity index (χ3n) is 13.6. The second kappa shape index (κ2) is 23.4. The minimum Gasteiger partial charge on any atom is -0.491 e. The predicted molar refractivity (Wildman–Crippen MR) is 252 cm³/mol. The highest BCUT2D eigenvalue weighted by molar-refractivity contribution is 6.07. The number of fused-ring (bicyclic) bond motifs is 4. The van der Waals surface area contributed by atoms with Gasteiger partial charge in [-0.3, -0.25) is 14.6 Å². The molecule has 3 fully saturated rings. The summed E-state index contributed by atoms with van der Waals surface area (Å²) in [6.07, 6.45) is 14.1. The number of nitrogens with zero attached hydrogens (tertiary/aromatic N) is 4. The number of rotatable bonds is 23. The van der Waals surface area contributed by atoms with Gasteiger partial charge in [-0.1, -0.05) is 43.5 Å². The number of ether oxygens (including phenoxy) is 5. The number of benzene rings is 2. The first-order valence-electron chi connectivity index (χ1n) is 23.8. The third kappa shape index (κ3) is 12.4. The lowest BCUT2D eigenvalue weighted by atomic mass is 9.83. The fraction of sp³-hybridized carbons (Fsp3) is 0.529. The topological polar surface area (TPSA) is 152 Å². The molecule has 4 atom stereocenters. The summed E-state index contributed by atoms with van der Waals surface area (Å²) in [5.41, 5.74) is 5.50. The van der Waals surface area contributed by atoms with Crippen LogP contribution < -0.4 is 20.1 Å². The summed E-state index contributed by atoms with van der Waals surface area (Å²) in [5, 5.41) is 8.48. The van der Waals surface area contributed by atoms with Crippen LogP contribution in [0.25, 0.3) is 32.9 Å². The summed E-state index contributed by atoms with van der Waals surface area (Å²) in [4.78, 5) is 44.0. The fourth-order valence-electron chi connectivity index (χ4n) is 9.69. The maximum absolute atomic E-state index is 14.2. The van der Waals surface area contributed by atoms with E-state index in [0.29, 0.717) is 64.7 Å².